The van der Waals surface area contributed by atoms with Crippen molar-refractivity contribution >= 4 is 22.2 Å². The second-order valence-corrected chi connectivity index (χ2v) is 5.57. The Morgan fingerprint density at radius 2 is 2.50 bits per heavy atom. The lowest BCUT2D eigenvalue weighted by Gasteiger charge is -2.11. The van der Waals surface area contributed by atoms with Crippen LogP contribution in [0.5, 0.6) is 0 Å². The maximum Gasteiger partial charge on any atom is 0.294 e. The van der Waals surface area contributed by atoms with Crippen molar-refractivity contribution in [1.82, 2.24) is 10.3 Å². The number of oxazole rings is 1. The van der Waals surface area contributed by atoms with Crippen LogP contribution in [0.25, 0.3) is 0 Å². The lowest BCUT2D eigenvalue weighted by Crippen LogP contribution is -2.22. The summed E-state index contributed by atoms with van der Waals surface area (Å²) in [6.07, 6.45) is 2.05. The van der Waals surface area contributed by atoms with Gasteiger partial charge in [-0.1, -0.05) is 0 Å². The minimum atomic E-state index is -0.372. The van der Waals surface area contributed by atoms with Crippen LogP contribution in [-0.2, 0) is 13.0 Å². The molecular formula is C13H12N4O2S. The Kier molecular flexibility index (Phi) is 3.26. The number of aryl methyl sites for hydroxylation is 1. The number of amides is 1. The number of hydrogen-bond acceptors (Lipinski definition) is 6. The smallest absolute Gasteiger partial charge is 0.294 e. The number of hydrogen-bond donors (Lipinski definition) is 2. The Morgan fingerprint density at radius 1 is 1.65 bits per heavy atom. The molecule has 1 aliphatic rings. The summed E-state index contributed by atoms with van der Waals surface area (Å²) in [6, 6.07) is 2.19. The Labute approximate surface area is 119 Å². The molecule has 0 saturated heterocycles. The second-order valence-electron chi connectivity index (χ2n) is 4.47. The molecule has 20 heavy (non-hydrogen) atoms. The highest BCUT2D eigenvalue weighted by Crippen LogP contribution is 2.35. The van der Waals surface area contributed by atoms with Crippen molar-refractivity contribution in [2.24, 2.45) is 0 Å². The minimum absolute atomic E-state index is 0.179. The third kappa shape index (κ3) is 2.09. The molecule has 3 rings (SSSR count). The number of rotatable bonds is 2. The van der Waals surface area contributed by atoms with Crippen LogP contribution < -0.4 is 10.6 Å². The number of thiophene rings is 1. The maximum absolute atomic E-state index is 12.1. The maximum atomic E-state index is 12.1. The van der Waals surface area contributed by atoms with E-state index in [4.69, 9.17) is 4.42 Å². The largest absolute Gasteiger partial charge is 0.438 e. The van der Waals surface area contributed by atoms with Gasteiger partial charge in [0, 0.05) is 11.4 Å². The van der Waals surface area contributed by atoms with Gasteiger partial charge in [-0.3, -0.25) is 4.79 Å². The zero-order chi connectivity index (χ0) is 14.1. The van der Waals surface area contributed by atoms with Crippen molar-refractivity contribution < 1.29 is 9.21 Å². The Morgan fingerprint density at radius 3 is 3.20 bits per heavy atom. The monoisotopic (exact) mass is 288 g/mol. The number of aromatic nitrogens is 1. The van der Waals surface area contributed by atoms with E-state index in [1.165, 1.54) is 17.7 Å². The van der Waals surface area contributed by atoms with E-state index >= 15 is 0 Å². The van der Waals surface area contributed by atoms with Crippen molar-refractivity contribution in [3.63, 3.8) is 0 Å². The summed E-state index contributed by atoms with van der Waals surface area (Å²) < 4.78 is 5.06. The van der Waals surface area contributed by atoms with Gasteiger partial charge >= 0.3 is 0 Å². The molecule has 6 nitrogen and oxygen atoms in total. The standard InChI is InChI=1S/C13H12N4O2S/c1-7-11(19-6-16-7)12(18)17-13-9(4-14)8-2-3-15-5-10(8)20-13/h6,15H,2-3,5H2,1H3,(H,17,18). The summed E-state index contributed by atoms with van der Waals surface area (Å²) >= 11 is 1.44. The van der Waals surface area contributed by atoms with E-state index in [1.807, 2.05) is 0 Å². The summed E-state index contributed by atoms with van der Waals surface area (Å²) in [5.74, 6) is -0.193. The van der Waals surface area contributed by atoms with Gasteiger partial charge in [0.1, 0.15) is 11.1 Å². The first-order valence-electron chi connectivity index (χ1n) is 6.17. The number of nitriles is 1. The fourth-order valence-electron chi connectivity index (χ4n) is 2.22. The van der Waals surface area contributed by atoms with E-state index < -0.39 is 0 Å². The van der Waals surface area contributed by atoms with Gasteiger partial charge in [0.25, 0.3) is 5.91 Å². The molecule has 0 saturated carbocycles. The highest BCUT2D eigenvalue weighted by Gasteiger charge is 2.23. The first kappa shape index (κ1) is 12.8. The van der Waals surface area contributed by atoms with Crippen LogP contribution in [0.15, 0.2) is 10.8 Å². The van der Waals surface area contributed by atoms with Crippen LogP contribution in [0, 0.1) is 18.3 Å². The molecule has 0 atom stereocenters. The molecule has 2 N–H and O–H groups in total. The van der Waals surface area contributed by atoms with E-state index in [2.05, 4.69) is 21.7 Å². The average Bonchev–Trinajstić information content (AvgIpc) is 3.01. The van der Waals surface area contributed by atoms with Crippen LogP contribution in [-0.4, -0.2) is 17.4 Å². The van der Waals surface area contributed by atoms with Crippen molar-refractivity contribution in [1.29, 1.82) is 5.26 Å². The van der Waals surface area contributed by atoms with Gasteiger partial charge in [-0.15, -0.1) is 11.3 Å². The van der Waals surface area contributed by atoms with Crippen LogP contribution in [0.3, 0.4) is 0 Å². The topological polar surface area (TPSA) is 91.0 Å². The molecule has 0 bridgehead atoms. The van der Waals surface area contributed by atoms with Gasteiger partial charge in [-0.2, -0.15) is 5.26 Å². The molecule has 0 spiro atoms. The SMILES string of the molecule is Cc1ncoc1C(=O)Nc1sc2c(c1C#N)CCNC2. The predicted octanol–water partition coefficient (Wildman–Crippen LogP) is 1.81. The van der Waals surface area contributed by atoms with E-state index in [0.29, 0.717) is 16.3 Å². The van der Waals surface area contributed by atoms with Crippen LogP contribution in [0.2, 0.25) is 0 Å². The highest BCUT2D eigenvalue weighted by atomic mass is 32.1. The second kappa shape index (κ2) is 5.07. The van der Waals surface area contributed by atoms with Crippen molar-refractivity contribution in [3.05, 3.63) is 33.9 Å². The van der Waals surface area contributed by atoms with E-state index in [-0.39, 0.29) is 11.7 Å². The molecular weight excluding hydrogens is 276 g/mol. The minimum Gasteiger partial charge on any atom is -0.438 e. The Hall–Kier alpha value is -2.17. The van der Waals surface area contributed by atoms with Gasteiger partial charge in [0.2, 0.25) is 5.76 Å². The predicted molar refractivity (Wildman–Crippen MR) is 73.6 cm³/mol. The lowest BCUT2D eigenvalue weighted by molar-refractivity contribution is 0.0996. The fraction of sp³-hybridized carbons (Fsp3) is 0.308. The van der Waals surface area contributed by atoms with Gasteiger partial charge < -0.3 is 15.1 Å². The third-order valence-electron chi connectivity index (χ3n) is 3.22. The van der Waals surface area contributed by atoms with E-state index in [9.17, 15) is 10.1 Å². The van der Waals surface area contributed by atoms with E-state index in [0.717, 1.165) is 30.0 Å². The molecule has 1 aliphatic heterocycles. The first-order chi connectivity index (χ1) is 9.70. The first-order valence-corrected chi connectivity index (χ1v) is 6.99. The highest BCUT2D eigenvalue weighted by molar-refractivity contribution is 7.16. The molecule has 3 heterocycles. The number of nitrogens with zero attached hydrogens (tertiary/aromatic N) is 2. The average molecular weight is 288 g/mol. The molecule has 7 heteroatoms. The Balaban J connectivity index is 1.92. The normalized spacial score (nSPS) is 13.6. The van der Waals surface area contributed by atoms with Gasteiger partial charge in [0.05, 0.1) is 11.3 Å². The van der Waals surface area contributed by atoms with Crippen LogP contribution >= 0.6 is 11.3 Å². The zero-order valence-electron chi connectivity index (χ0n) is 10.8. The molecule has 0 aliphatic carbocycles. The van der Waals surface area contributed by atoms with Gasteiger partial charge in [-0.25, -0.2) is 4.98 Å². The quantitative estimate of drug-likeness (QED) is 0.879. The summed E-state index contributed by atoms with van der Waals surface area (Å²) in [5.41, 5.74) is 2.14. The zero-order valence-corrected chi connectivity index (χ0v) is 11.6. The van der Waals surface area contributed by atoms with E-state index in [1.54, 1.807) is 6.92 Å². The molecule has 2 aromatic heterocycles. The van der Waals surface area contributed by atoms with Crippen molar-refractivity contribution in [2.75, 3.05) is 11.9 Å². The summed E-state index contributed by atoms with van der Waals surface area (Å²) in [6.45, 7) is 3.30. The van der Waals surface area contributed by atoms with Crippen LogP contribution in [0.1, 0.15) is 32.3 Å². The summed E-state index contributed by atoms with van der Waals surface area (Å²) in [4.78, 5) is 17.1. The lowest BCUT2D eigenvalue weighted by atomic mass is 10.1. The number of anilines is 1. The third-order valence-corrected chi connectivity index (χ3v) is 4.37. The molecule has 102 valence electrons. The molecule has 2 aromatic rings. The van der Waals surface area contributed by atoms with Gasteiger partial charge in [0.15, 0.2) is 6.39 Å². The number of carbonyl (C=O) groups excluding carboxylic acids is 1. The van der Waals surface area contributed by atoms with Gasteiger partial charge in [-0.05, 0) is 25.5 Å². The van der Waals surface area contributed by atoms with Crippen molar-refractivity contribution in [3.8, 4) is 6.07 Å². The van der Waals surface area contributed by atoms with Crippen molar-refractivity contribution in [2.45, 2.75) is 19.9 Å². The molecule has 0 unspecified atom stereocenters. The molecule has 0 radical (unpaired) electrons. The Bertz CT molecular complexity index is 711. The number of nitrogens with one attached hydrogen (secondary N) is 2. The molecule has 1 amide bonds. The fourth-order valence-corrected chi connectivity index (χ4v) is 3.38. The number of carbonyl (C=O) groups is 1. The number of fused-ring (bicyclic) bond motifs is 1. The molecule has 0 aromatic carbocycles. The molecule has 0 fully saturated rings. The summed E-state index contributed by atoms with van der Waals surface area (Å²) in [7, 11) is 0. The van der Waals surface area contributed by atoms with Crippen LogP contribution in [0.4, 0.5) is 5.00 Å². The summed E-state index contributed by atoms with van der Waals surface area (Å²) in [5, 5.41) is 15.9.